The summed E-state index contributed by atoms with van der Waals surface area (Å²) >= 11 is 6.53. The topological polar surface area (TPSA) is 27.0 Å². The molecule has 0 saturated heterocycles. The van der Waals surface area contributed by atoms with Crippen LogP contribution in [0.2, 0.25) is 0 Å². The van der Waals surface area contributed by atoms with Crippen LogP contribution < -0.4 is 0 Å². The summed E-state index contributed by atoms with van der Waals surface area (Å²) in [6, 6.07) is 22.4. The van der Waals surface area contributed by atoms with E-state index in [9.17, 15) is 0 Å². The molecular weight excluding hydrogens is 388 g/mol. The van der Waals surface area contributed by atoms with Crippen LogP contribution >= 0.6 is 11.6 Å². The summed E-state index contributed by atoms with van der Waals surface area (Å²) in [5.41, 5.74) is 4.19. The third-order valence-corrected chi connectivity index (χ3v) is 6.55. The molecule has 1 atom stereocenters. The van der Waals surface area contributed by atoms with E-state index < -0.39 is 0 Å². The number of hydrogen-bond donors (Lipinski definition) is 0. The van der Waals surface area contributed by atoms with E-state index in [-0.39, 0.29) is 4.87 Å². The molecule has 30 heavy (non-hydrogen) atoms. The Kier molecular flexibility index (Phi) is 10.4. The molecule has 0 N–H and O–H groups in total. The first-order valence-electron chi connectivity index (χ1n) is 11.4. The molecule has 2 aromatic carbocycles. The molecule has 1 unspecified atom stereocenters. The number of rotatable bonds is 11. The van der Waals surface area contributed by atoms with Crippen molar-refractivity contribution in [1.82, 2.24) is 4.90 Å². The van der Waals surface area contributed by atoms with Gasteiger partial charge in [0.05, 0.1) is 10.9 Å². The third-order valence-electron chi connectivity index (χ3n) is 5.96. The van der Waals surface area contributed by atoms with Crippen molar-refractivity contribution < 1.29 is 0 Å². The SMILES string of the molecule is CC#N.CCCN(CCc1ccccc1)C(CC)CCc1ccc(C2(Cl)CC2)cc1. The van der Waals surface area contributed by atoms with Crippen molar-refractivity contribution in [2.45, 2.75) is 76.6 Å². The number of nitrogens with zero attached hydrogens (tertiary/aromatic N) is 2. The molecule has 1 saturated carbocycles. The Bertz CT molecular complexity index is 760. The summed E-state index contributed by atoms with van der Waals surface area (Å²) in [5.74, 6) is 0. The quantitative estimate of drug-likeness (QED) is 0.359. The van der Waals surface area contributed by atoms with Gasteiger partial charge in [0.1, 0.15) is 0 Å². The van der Waals surface area contributed by atoms with Gasteiger partial charge in [0.2, 0.25) is 0 Å². The molecule has 0 radical (unpaired) electrons. The Balaban J connectivity index is 0.00000101. The minimum absolute atomic E-state index is 0.0418. The Labute approximate surface area is 188 Å². The molecule has 0 bridgehead atoms. The molecule has 0 aromatic heterocycles. The Morgan fingerprint density at radius 1 is 0.967 bits per heavy atom. The maximum Gasteiger partial charge on any atom is 0.0696 e. The van der Waals surface area contributed by atoms with Crippen LogP contribution in [0.25, 0.3) is 0 Å². The summed E-state index contributed by atoms with van der Waals surface area (Å²) in [6.45, 7) is 8.41. The van der Waals surface area contributed by atoms with E-state index in [0.717, 1.165) is 32.2 Å². The first-order valence-corrected chi connectivity index (χ1v) is 11.8. The lowest BCUT2D eigenvalue weighted by Gasteiger charge is -2.31. The fourth-order valence-corrected chi connectivity index (χ4v) is 4.25. The van der Waals surface area contributed by atoms with Crippen molar-refractivity contribution in [1.29, 1.82) is 5.26 Å². The number of benzene rings is 2. The lowest BCUT2D eigenvalue weighted by Crippen LogP contribution is -2.37. The second kappa shape index (κ2) is 12.8. The molecule has 1 aliphatic rings. The molecule has 1 fully saturated rings. The van der Waals surface area contributed by atoms with Gasteiger partial charge in [0.25, 0.3) is 0 Å². The second-order valence-corrected chi connectivity index (χ2v) is 8.98. The van der Waals surface area contributed by atoms with Gasteiger partial charge in [-0.2, -0.15) is 5.26 Å². The predicted molar refractivity (Wildman–Crippen MR) is 129 cm³/mol. The third kappa shape index (κ3) is 7.78. The van der Waals surface area contributed by atoms with Crippen molar-refractivity contribution in [3.63, 3.8) is 0 Å². The van der Waals surface area contributed by atoms with Crippen molar-refractivity contribution in [2.75, 3.05) is 13.1 Å². The van der Waals surface area contributed by atoms with E-state index in [4.69, 9.17) is 16.9 Å². The van der Waals surface area contributed by atoms with Crippen molar-refractivity contribution >= 4 is 11.6 Å². The molecule has 2 aromatic rings. The van der Waals surface area contributed by atoms with E-state index in [1.165, 1.54) is 49.4 Å². The highest BCUT2D eigenvalue weighted by Crippen LogP contribution is 2.51. The first-order chi connectivity index (χ1) is 14.6. The van der Waals surface area contributed by atoms with Gasteiger partial charge in [0, 0.05) is 19.5 Å². The Hall–Kier alpha value is -1.82. The minimum atomic E-state index is -0.0418. The fraction of sp³-hybridized carbons (Fsp3) is 0.519. The van der Waals surface area contributed by atoms with Gasteiger partial charge in [-0.3, -0.25) is 0 Å². The summed E-state index contributed by atoms with van der Waals surface area (Å²) in [7, 11) is 0. The standard InChI is InChI=1S/C25H34ClN.C2H3N/c1-3-19-27(20-16-21-8-6-5-7-9-21)24(4-2)15-12-22-10-13-23(14-11-22)25(26)17-18-25;1-2-3/h5-11,13-14,24H,3-4,12,15-20H2,1-2H3;1H3. The van der Waals surface area contributed by atoms with Crippen molar-refractivity contribution in [2.24, 2.45) is 0 Å². The molecule has 0 aliphatic heterocycles. The van der Waals surface area contributed by atoms with Gasteiger partial charge in [-0.1, -0.05) is 68.4 Å². The molecule has 162 valence electrons. The minimum Gasteiger partial charge on any atom is -0.300 e. The van der Waals surface area contributed by atoms with Crippen LogP contribution in [0.1, 0.15) is 69.6 Å². The number of halogens is 1. The number of aryl methyl sites for hydroxylation is 1. The molecular formula is C27H37ClN2. The maximum absolute atomic E-state index is 7.32. The van der Waals surface area contributed by atoms with E-state index >= 15 is 0 Å². The molecule has 3 rings (SSSR count). The Morgan fingerprint density at radius 3 is 2.10 bits per heavy atom. The zero-order valence-corrected chi connectivity index (χ0v) is 19.7. The van der Waals surface area contributed by atoms with Crippen LogP contribution in [0.5, 0.6) is 0 Å². The summed E-state index contributed by atoms with van der Waals surface area (Å²) < 4.78 is 0. The largest absolute Gasteiger partial charge is 0.300 e. The van der Waals surface area contributed by atoms with Crippen LogP contribution in [-0.2, 0) is 17.7 Å². The Morgan fingerprint density at radius 2 is 1.57 bits per heavy atom. The van der Waals surface area contributed by atoms with E-state index in [1.807, 2.05) is 0 Å². The fourth-order valence-electron chi connectivity index (χ4n) is 4.03. The summed E-state index contributed by atoms with van der Waals surface area (Å²) in [5, 5.41) is 7.32. The molecule has 0 amide bonds. The van der Waals surface area contributed by atoms with Gasteiger partial charge in [-0.05, 0) is 68.2 Å². The molecule has 0 heterocycles. The van der Waals surface area contributed by atoms with Crippen molar-refractivity contribution in [3.05, 3.63) is 71.3 Å². The number of alkyl halides is 1. The van der Waals surface area contributed by atoms with E-state index in [0.29, 0.717) is 6.04 Å². The van der Waals surface area contributed by atoms with Gasteiger partial charge in [-0.25, -0.2) is 0 Å². The van der Waals surface area contributed by atoms with Gasteiger partial charge >= 0.3 is 0 Å². The lowest BCUT2D eigenvalue weighted by atomic mass is 9.99. The second-order valence-electron chi connectivity index (χ2n) is 8.26. The van der Waals surface area contributed by atoms with Gasteiger partial charge in [0.15, 0.2) is 0 Å². The number of nitriles is 1. The van der Waals surface area contributed by atoms with Crippen molar-refractivity contribution in [3.8, 4) is 6.07 Å². The first kappa shape index (κ1) is 24.4. The summed E-state index contributed by atoms with van der Waals surface area (Å²) in [6.07, 6.45) is 8.22. The molecule has 3 heteroatoms. The molecule has 2 nitrogen and oxygen atoms in total. The van der Waals surface area contributed by atoms with Crippen LogP contribution in [0.4, 0.5) is 0 Å². The van der Waals surface area contributed by atoms with Gasteiger partial charge < -0.3 is 4.90 Å². The monoisotopic (exact) mass is 424 g/mol. The molecule has 1 aliphatic carbocycles. The molecule has 0 spiro atoms. The van der Waals surface area contributed by atoms with Crippen LogP contribution in [0.15, 0.2) is 54.6 Å². The van der Waals surface area contributed by atoms with E-state index in [2.05, 4.69) is 73.3 Å². The highest BCUT2D eigenvalue weighted by Gasteiger charge is 2.41. The predicted octanol–water partition coefficient (Wildman–Crippen LogP) is 7.11. The average Bonchev–Trinajstić information content (AvgIpc) is 3.52. The smallest absolute Gasteiger partial charge is 0.0696 e. The zero-order chi connectivity index (χ0) is 21.8. The maximum atomic E-state index is 7.32. The van der Waals surface area contributed by atoms with E-state index in [1.54, 1.807) is 6.07 Å². The number of hydrogen-bond acceptors (Lipinski definition) is 2. The van der Waals surface area contributed by atoms with Crippen LogP contribution in [-0.4, -0.2) is 24.0 Å². The highest BCUT2D eigenvalue weighted by molar-refractivity contribution is 6.25. The lowest BCUT2D eigenvalue weighted by molar-refractivity contribution is 0.183. The average molecular weight is 425 g/mol. The zero-order valence-electron chi connectivity index (χ0n) is 18.9. The van der Waals surface area contributed by atoms with Crippen LogP contribution in [0, 0.1) is 11.3 Å². The normalized spacial score (nSPS) is 15.1. The van der Waals surface area contributed by atoms with Gasteiger partial charge in [-0.15, -0.1) is 11.6 Å². The highest BCUT2D eigenvalue weighted by atomic mass is 35.5. The summed E-state index contributed by atoms with van der Waals surface area (Å²) in [4.78, 5) is 2.67. The van der Waals surface area contributed by atoms with Crippen LogP contribution in [0.3, 0.4) is 0 Å².